The molecule has 0 N–H and O–H groups in total. The van der Waals surface area contributed by atoms with E-state index >= 15 is 0 Å². The minimum Gasteiger partial charge on any atom is -0.286 e. The molecule has 0 saturated heterocycles. The van der Waals surface area contributed by atoms with Gasteiger partial charge in [0.15, 0.2) is 0 Å². The van der Waals surface area contributed by atoms with Crippen LogP contribution >= 0.6 is 11.8 Å². The van der Waals surface area contributed by atoms with E-state index in [1.165, 1.54) is 16.2 Å². The second-order valence-corrected chi connectivity index (χ2v) is 4.19. The van der Waals surface area contributed by atoms with Crippen LogP contribution in [-0.2, 0) is 6.42 Å². The molecule has 76 valence electrons. The van der Waals surface area contributed by atoms with Gasteiger partial charge in [-0.1, -0.05) is 29.8 Å². The topological polar surface area (TPSA) is 12.4 Å². The lowest BCUT2D eigenvalue weighted by Crippen LogP contribution is -1.95. The first-order chi connectivity index (χ1) is 6.76. The summed E-state index contributed by atoms with van der Waals surface area (Å²) < 4.78 is 0. The molecule has 0 aliphatic carbocycles. The maximum atomic E-state index is 4.22. The zero-order chi connectivity index (χ0) is 10.4. The smallest absolute Gasteiger partial charge is 0.0673 e. The molecule has 0 bridgehead atoms. The molecular weight excluding hydrogens is 190 g/mol. The molecule has 0 heterocycles. The van der Waals surface area contributed by atoms with E-state index < -0.39 is 0 Å². The molecule has 0 atom stereocenters. The van der Waals surface area contributed by atoms with Crippen molar-refractivity contribution in [1.29, 1.82) is 0 Å². The minimum atomic E-state index is 1.06. The van der Waals surface area contributed by atoms with E-state index in [4.69, 9.17) is 0 Å². The van der Waals surface area contributed by atoms with Gasteiger partial charge in [0.05, 0.1) is 5.04 Å². The Morgan fingerprint density at radius 1 is 1.43 bits per heavy atom. The van der Waals surface area contributed by atoms with Crippen molar-refractivity contribution in [3.8, 4) is 0 Å². The Morgan fingerprint density at radius 2 is 2.21 bits per heavy atom. The molecule has 0 amide bonds. The highest BCUT2D eigenvalue weighted by atomic mass is 32.2. The number of rotatable bonds is 3. The van der Waals surface area contributed by atoms with E-state index in [9.17, 15) is 0 Å². The maximum Gasteiger partial charge on any atom is 0.0673 e. The number of thioether (sulfide) groups is 1. The fourth-order valence-electron chi connectivity index (χ4n) is 1.42. The number of aliphatic imine (C=N–C) groups is 1. The Bertz CT molecular complexity index is 318. The Morgan fingerprint density at radius 3 is 2.79 bits per heavy atom. The molecule has 1 aromatic carbocycles. The lowest BCUT2D eigenvalue weighted by atomic mass is 10.1. The average Bonchev–Trinajstić information content (AvgIpc) is 2.19. The summed E-state index contributed by atoms with van der Waals surface area (Å²) in [5.41, 5.74) is 2.74. The van der Waals surface area contributed by atoms with Crippen molar-refractivity contribution in [2.75, 3.05) is 13.3 Å². The van der Waals surface area contributed by atoms with Crippen LogP contribution in [0.4, 0.5) is 0 Å². The third-order valence-corrected chi connectivity index (χ3v) is 3.05. The molecule has 0 aliphatic rings. The molecule has 0 saturated carbocycles. The highest BCUT2D eigenvalue weighted by Gasteiger charge is 1.98. The van der Waals surface area contributed by atoms with Crippen molar-refractivity contribution in [3.05, 3.63) is 35.4 Å². The van der Waals surface area contributed by atoms with E-state index in [0.717, 1.165) is 12.8 Å². The highest BCUT2D eigenvalue weighted by Crippen LogP contribution is 2.10. The zero-order valence-corrected chi connectivity index (χ0v) is 9.90. The summed E-state index contributed by atoms with van der Waals surface area (Å²) in [4.78, 5) is 4.22. The maximum absolute atomic E-state index is 4.22. The lowest BCUT2D eigenvalue weighted by molar-refractivity contribution is 1.04. The Labute approximate surface area is 90.6 Å². The van der Waals surface area contributed by atoms with Gasteiger partial charge in [-0.15, -0.1) is 11.8 Å². The molecule has 1 rings (SSSR count). The van der Waals surface area contributed by atoms with E-state index in [1.54, 1.807) is 11.8 Å². The molecule has 2 heteroatoms. The molecule has 14 heavy (non-hydrogen) atoms. The molecule has 0 spiro atoms. The summed E-state index contributed by atoms with van der Waals surface area (Å²) in [7, 11) is 1.86. The Kier molecular flexibility index (Phi) is 4.74. The molecule has 0 unspecified atom stereocenters. The number of benzene rings is 1. The van der Waals surface area contributed by atoms with Crippen molar-refractivity contribution in [1.82, 2.24) is 0 Å². The van der Waals surface area contributed by atoms with Gasteiger partial charge < -0.3 is 0 Å². The largest absolute Gasteiger partial charge is 0.286 e. The van der Waals surface area contributed by atoms with E-state index in [0.29, 0.717) is 0 Å². The second kappa shape index (κ2) is 5.86. The van der Waals surface area contributed by atoms with Gasteiger partial charge in [-0.3, -0.25) is 4.99 Å². The van der Waals surface area contributed by atoms with Crippen LogP contribution in [0.25, 0.3) is 0 Å². The van der Waals surface area contributed by atoms with Crippen LogP contribution in [0, 0.1) is 6.92 Å². The predicted octanol–water partition coefficient (Wildman–Crippen LogP) is 3.32. The summed E-state index contributed by atoms with van der Waals surface area (Å²) in [5.74, 6) is 0. The van der Waals surface area contributed by atoms with E-state index in [1.807, 2.05) is 7.05 Å². The van der Waals surface area contributed by atoms with Crippen LogP contribution in [0.2, 0.25) is 0 Å². The van der Waals surface area contributed by atoms with E-state index in [2.05, 4.69) is 42.4 Å². The molecule has 1 nitrogen and oxygen atoms in total. The monoisotopic (exact) mass is 207 g/mol. The summed E-state index contributed by atoms with van der Waals surface area (Å²) in [6.45, 7) is 2.13. The van der Waals surface area contributed by atoms with Gasteiger partial charge in [-0.2, -0.15) is 0 Å². The molecule has 1 aromatic rings. The van der Waals surface area contributed by atoms with Crippen LogP contribution in [0.1, 0.15) is 17.5 Å². The van der Waals surface area contributed by atoms with Crippen molar-refractivity contribution in [3.63, 3.8) is 0 Å². The first-order valence-electron chi connectivity index (χ1n) is 4.81. The standard InChI is InChI=1S/C12H17NS/c1-10-5-4-6-11(9-10)7-8-12(13-2)14-3/h4-6,9H,7-8H2,1-3H3. The minimum absolute atomic E-state index is 1.06. The third kappa shape index (κ3) is 3.54. The molecule has 0 aliphatic heterocycles. The van der Waals surface area contributed by atoms with Gasteiger partial charge in [0.1, 0.15) is 0 Å². The van der Waals surface area contributed by atoms with Crippen molar-refractivity contribution in [2.24, 2.45) is 4.99 Å². The number of hydrogen-bond acceptors (Lipinski definition) is 2. The van der Waals surface area contributed by atoms with Crippen LogP contribution in [0.15, 0.2) is 29.3 Å². The highest BCUT2D eigenvalue weighted by molar-refractivity contribution is 8.13. The number of nitrogens with zero attached hydrogens (tertiary/aromatic N) is 1. The fourth-order valence-corrected chi connectivity index (χ4v) is 1.91. The molecule has 0 radical (unpaired) electrons. The summed E-state index contributed by atoms with van der Waals surface area (Å²) in [5, 5.41) is 1.23. The molecular formula is C12H17NS. The Hall–Kier alpha value is -0.760. The molecule has 0 fully saturated rings. The van der Waals surface area contributed by atoms with Gasteiger partial charge in [0, 0.05) is 7.05 Å². The summed E-state index contributed by atoms with van der Waals surface area (Å²) in [6, 6.07) is 8.67. The van der Waals surface area contributed by atoms with Gasteiger partial charge in [0.25, 0.3) is 0 Å². The van der Waals surface area contributed by atoms with Crippen LogP contribution in [-0.4, -0.2) is 18.3 Å². The second-order valence-electron chi connectivity index (χ2n) is 3.31. The van der Waals surface area contributed by atoms with Gasteiger partial charge in [0.2, 0.25) is 0 Å². The fraction of sp³-hybridized carbons (Fsp3) is 0.417. The summed E-state index contributed by atoms with van der Waals surface area (Å²) >= 11 is 1.74. The van der Waals surface area contributed by atoms with Crippen LogP contribution in [0.5, 0.6) is 0 Å². The SMILES string of the molecule is CN=C(CCc1cccc(C)c1)SC. The number of hydrogen-bond donors (Lipinski definition) is 0. The van der Waals surface area contributed by atoms with E-state index in [-0.39, 0.29) is 0 Å². The molecule has 0 aromatic heterocycles. The summed E-state index contributed by atoms with van der Waals surface area (Å²) in [6.07, 6.45) is 4.23. The Balaban J connectivity index is 2.53. The van der Waals surface area contributed by atoms with Gasteiger partial charge in [-0.25, -0.2) is 0 Å². The third-order valence-electron chi connectivity index (χ3n) is 2.20. The van der Waals surface area contributed by atoms with Crippen LogP contribution in [0.3, 0.4) is 0 Å². The first kappa shape index (κ1) is 11.3. The average molecular weight is 207 g/mol. The lowest BCUT2D eigenvalue weighted by Gasteiger charge is -2.03. The van der Waals surface area contributed by atoms with Crippen LogP contribution < -0.4 is 0 Å². The predicted molar refractivity (Wildman–Crippen MR) is 66.4 cm³/mol. The van der Waals surface area contributed by atoms with Gasteiger partial charge >= 0.3 is 0 Å². The normalized spacial score (nSPS) is 11.8. The zero-order valence-electron chi connectivity index (χ0n) is 9.08. The van der Waals surface area contributed by atoms with Crippen molar-refractivity contribution in [2.45, 2.75) is 19.8 Å². The van der Waals surface area contributed by atoms with Crippen molar-refractivity contribution < 1.29 is 0 Å². The van der Waals surface area contributed by atoms with Gasteiger partial charge in [-0.05, 0) is 31.6 Å². The quantitative estimate of drug-likeness (QED) is 0.547. The number of aryl methyl sites for hydroxylation is 2. The first-order valence-corrected chi connectivity index (χ1v) is 6.04. The van der Waals surface area contributed by atoms with Crippen molar-refractivity contribution >= 4 is 16.8 Å².